The first-order valence-corrected chi connectivity index (χ1v) is 8.44. The second-order valence-corrected chi connectivity index (χ2v) is 6.39. The zero-order chi connectivity index (χ0) is 14.9. The van der Waals surface area contributed by atoms with Gasteiger partial charge in [-0.25, -0.2) is 14.6 Å². The van der Waals surface area contributed by atoms with Gasteiger partial charge in [-0.05, 0) is 18.4 Å². The lowest BCUT2D eigenvalue weighted by atomic mass is 10.1. The van der Waals surface area contributed by atoms with E-state index in [1.807, 2.05) is 4.68 Å². The Hall–Kier alpha value is -1.99. The molecule has 4 heterocycles. The number of nitrogens with one attached hydrogen (secondary N) is 2. The highest BCUT2D eigenvalue weighted by Gasteiger charge is 2.28. The molecule has 0 spiro atoms. The predicted octanol–water partition coefficient (Wildman–Crippen LogP) is 1.91. The standard InChI is InChI=1S/C15H18N6S/c1-2-21-15(14-13-11(5-6-16-14)17-9-18-13)19-12(20-21)8-10-4-3-7-22-10/h3-4,7,9,14,16H,2,5-6,8H2,1H3,(H,17,18)/t14-/m0/s1. The molecule has 0 amide bonds. The number of nitrogens with zero attached hydrogens (tertiary/aromatic N) is 4. The number of thiophene rings is 1. The number of H-pyrrole nitrogens is 1. The summed E-state index contributed by atoms with van der Waals surface area (Å²) >= 11 is 1.74. The highest BCUT2D eigenvalue weighted by Crippen LogP contribution is 2.25. The van der Waals surface area contributed by atoms with E-state index in [1.54, 1.807) is 17.7 Å². The quantitative estimate of drug-likeness (QED) is 0.771. The Kier molecular flexibility index (Phi) is 3.51. The average molecular weight is 314 g/mol. The van der Waals surface area contributed by atoms with Gasteiger partial charge in [0.2, 0.25) is 0 Å². The van der Waals surface area contributed by atoms with E-state index in [-0.39, 0.29) is 6.04 Å². The van der Waals surface area contributed by atoms with Crippen LogP contribution in [-0.4, -0.2) is 31.3 Å². The van der Waals surface area contributed by atoms with Crippen LogP contribution in [0.25, 0.3) is 0 Å². The summed E-state index contributed by atoms with van der Waals surface area (Å²) in [7, 11) is 0. The molecule has 4 rings (SSSR count). The third-order valence-electron chi connectivity index (χ3n) is 3.96. The summed E-state index contributed by atoms with van der Waals surface area (Å²) in [5.41, 5.74) is 2.25. The van der Waals surface area contributed by atoms with Crippen molar-refractivity contribution < 1.29 is 0 Å². The zero-order valence-electron chi connectivity index (χ0n) is 12.4. The first-order valence-electron chi connectivity index (χ1n) is 7.56. The highest BCUT2D eigenvalue weighted by atomic mass is 32.1. The number of hydrogen-bond acceptors (Lipinski definition) is 5. The van der Waals surface area contributed by atoms with Crippen molar-refractivity contribution in [2.75, 3.05) is 6.54 Å². The van der Waals surface area contributed by atoms with Crippen molar-refractivity contribution in [3.05, 3.63) is 51.8 Å². The van der Waals surface area contributed by atoms with E-state index in [2.05, 4.69) is 44.8 Å². The number of rotatable bonds is 4. The van der Waals surface area contributed by atoms with E-state index in [1.165, 1.54) is 10.6 Å². The molecule has 7 heteroatoms. The van der Waals surface area contributed by atoms with Crippen molar-refractivity contribution in [1.82, 2.24) is 30.0 Å². The number of fused-ring (bicyclic) bond motifs is 1. The van der Waals surface area contributed by atoms with Gasteiger partial charge < -0.3 is 10.3 Å². The number of aromatic amines is 1. The molecule has 0 saturated carbocycles. The molecule has 1 aliphatic rings. The largest absolute Gasteiger partial charge is 0.348 e. The molecule has 0 aliphatic carbocycles. The van der Waals surface area contributed by atoms with E-state index in [9.17, 15) is 0 Å². The van der Waals surface area contributed by atoms with Gasteiger partial charge in [0.1, 0.15) is 6.04 Å². The molecule has 3 aromatic rings. The molecular formula is C15H18N6S. The van der Waals surface area contributed by atoms with Crippen molar-refractivity contribution >= 4 is 11.3 Å². The molecular weight excluding hydrogens is 296 g/mol. The van der Waals surface area contributed by atoms with Gasteiger partial charge in [-0.1, -0.05) is 6.07 Å². The monoisotopic (exact) mass is 314 g/mol. The second-order valence-electron chi connectivity index (χ2n) is 5.36. The Bertz CT molecular complexity index is 757. The fourth-order valence-corrected chi connectivity index (χ4v) is 3.63. The SMILES string of the molecule is CCn1nc(Cc2cccs2)nc1[C@H]1NCCc2[nH]cnc21. The number of hydrogen-bond donors (Lipinski definition) is 2. The smallest absolute Gasteiger partial charge is 0.156 e. The van der Waals surface area contributed by atoms with Gasteiger partial charge in [0.25, 0.3) is 0 Å². The van der Waals surface area contributed by atoms with Crippen LogP contribution in [0.15, 0.2) is 23.8 Å². The first kappa shape index (κ1) is 13.7. The molecule has 0 radical (unpaired) electrons. The van der Waals surface area contributed by atoms with Crippen molar-refractivity contribution in [1.29, 1.82) is 0 Å². The van der Waals surface area contributed by atoms with Crippen molar-refractivity contribution in [3.8, 4) is 0 Å². The molecule has 114 valence electrons. The summed E-state index contributed by atoms with van der Waals surface area (Å²) in [5.74, 6) is 1.84. The van der Waals surface area contributed by atoms with Crippen LogP contribution in [0.1, 0.15) is 40.9 Å². The summed E-state index contributed by atoms with van der Waals surface area (Å²) in [5, 5.41) is 10.3. The van der Waals surface area contributed by atoms with Crippen molar-refractivity contribution in [2.45, 2.75) is 32.4 Å². The van der Waals surface area contributed by atoms with E-state index in [0.29, 0.717) is 0 Å². The molecule has 0 saturated heterocycles. The maximum absolute atomic E-state index is 4.80. The molecule has 0 bridgehead atoms. The summed E-state index contributed by atoms with van der Waals surface area (Å²) < 4.78 is 1.99. The first-order chi connectivity index (χ1) is 10.8. The van der Waals surface area contributed by atoms with Gasteiger partial charge in [-0.2, -0.15) is 5.10 Å². The van der Waals surface area contributed by atoms with Crippen LogP contribution in [-0.2, 0) is 19.4 Å². The van der Waals surface area contributed by atoms with Crippen LogP contribution in [0.2, 0.25) is 0 Å². The summed E-state index contributed by atoms with van der Waals surface area (Å²) in [4.78, 5) is 13.8. The molecule has 2 N–H and O–H groups in total. The molecule has 3 aromatic heterocycles. The van der Waals surface area contributed by atoms with Crippen LogP contribution < -0.4 is 5.32 Å². The molecule has 1 atom stereocenters. The maximum Gasteiger partial charge on any atom is 0.156 e. The van der Waals surface area contributed by atoms with Gasteiger partial charge in [-0.15, -0.1) is 11.3 Å². The predicted molar refractivity (Wildman–Crippen MR) is 85.0 cm³/mol. The molecule has 1 aliphatic heterocycles. The van der Waals surface area contributed by atoms with Crippen LogP contribution in [0.5, 0.6) is 0 Å². The van der Waals surface area contributed by atoms with E-state index >= 15 is 0 Å². The average Bonchev–Trinajstić information content (AvgIpc) is 3.27. The van der Waals surface area contributed by atoms with E-state index < -0.39 is 0 Å². The summed E-state index contributed by atoms with van der Waals surface area (Å²) in [6, 6.07) is 4.22. The third-order valence-corrected chi connectivity index (χ3v) is 4.84. The Morgan fingerprint density at radius 1 is 1.45 bits per heavy atom. The Morgan fingerprint density at radius 2 is 2.41 bits per heavy atom. The maximum atomic E-state index is 4.80. The number of imidazole rings is 1. The third kappa shape index (κ3) is 2.36. The van der Waals surface area contributed by atoms with Gasteiger partial charge in [-0.3, -0.25) is 0 Å². The van der Waals surface area contributed by atoms with E-state index in [0.717, 1.165) is 43.3 Å². The van der Waals surface area contributed by atoms with Crippen LogP contribution in [0.4, 0.5) is 0 Å². The fourth-order valence-electron chi connectivity index (χ4n) is 2.93. The number of aryl methyl sites for hydroxylation is 1. The van der Waals surface area contributed by atoms with Crippen LogP contribution >= 0.6 is 11.3 Å². The van der Waals surface area contributed by atoms with Crippen LogP contribution in [0, 0.1) is 0 Å². The molecule has 22 heavy (non-hydrogen) atoms. The lowest BCUT2D eigenvalue weighted by molar-refractivity contribution is 0.491. The van der Waals surface area contributed by atoms with Crippen molar-refractivity contribution in [2.24, 2.45) is 0 Å². The van der Waals surface area contributed by atoms with Crippen molar-refractivity contribution in [3.63, 3.8) is 0 Å². The minimum Gasteiger partial charge on any atom is -0.348 e. The highest BCUT2D eigenvalue weighted by molar-refractivity contribution is 7.09. The Morgan fingerprint density at radius 3 is 3.23 bits per heavy atom. The molecule has 0 unspecified atom stereocenters. The lowest BCUT2D eigenvalue weighted by Gasteiger charge is -2.22. The Balaban J connectivity index is 1.69. The molecule has 0 fully saturated rings. The number of aromatic nitrogens is 5. The lowest BCUT2D eigenvalue weighted by Crippen LogP contribution is -2.32. The van der Waals surface area contributed by atoms with Gasteiger partial charge in [0.05, 0.1) is 12.0 Å². The van der Waals surface area contributed by atoms with Crippen LogP contribution in [0.3, 0.4) is 0 Å². The Labute approximate surface area is 132 Å². The normalized spacial score (nSPS) is 17.6. The minimum atomic E-state index is 0.0273. The second kappa shape index (κ2) is 5.66. The topological polar surface area (TPSA) is 71.4 Å². The van der Waals surface area contributed by atoms with E-state index in [4.69, 9.17) is 4.98 Å². The fraction of sp³-hybridized carbons (Fsp3) is 0.400. The zero-order valence-corrected chi connectivity index (χ0v) is 13.2. The molecule has 6 nitrogen and oxygen atoms in total. The van der Waals surface area contributed by atoms with Gasteiger partial charge in [0, 0.05) is 36.5 Å². The summed E-state index contributed by atoms with van der Waals surface area (Å²) in [6.07, 6.45) is 3.54. The minimum absolute atomic E-state index is 0.0273. The van der Waals surface area contributed by atoms with Gasteiger partial charge in [0.15, 0.2) is 11.6 Å². The van der Waals surface area contributed by atoms with Gasteiger partial charge >= 0.3 is 0 Å². The molecule has 0 aromatic carbocycles. The summed E-state index contributed by atoms with van der Waals surface area (Å²) in [6.45, 7) is 3.84.